The molecule has 1 aromatic heterocycles. The van der Waals surface area contributed by atoms with Crippen molar-refractivity contribution in [1.82, 2.24) is 19.8 Å². The second-order valence-corrected chi connectivity index (χ2v) is 5.06. The fourth-order valence-electron chi connectivity index (χ4n) is 2.40. The third kappa shape index (κ3) is 2.74. The van der Waals surface area contributed by atoms with Gasteiger partial charge in [0, 0.05) is 20.6 Å². The van der Waals surface area contributed by atoms with Crippen LogP contribution in [0.4, 0.5) is 0 Å². The minimum atomic E-state index is 0. The molecule has 20 heavy (non-hydrogen) atoms. The Balaban J connectivity index is 0.00000147. The zero-order valence-corrected chi connectivity index (χ0v) is 14.4. The van der Waals surface area contributed by atoms with Gasteiger partial charge in [-0.15, -0.1) is 24.0 Å². The van der Waals surface area contributed by atoms with Crippen molar-refractivity contribution in [1.29, 1.82) is 0 Å². The molecule has 0 spiro atoms. The number of rotatable bonds is 2. The first kappa shape index (κ1) is 15.1. The molecule has 6 heteroatoms. The maximum atomic E-state index is 4.69. The van der Waals surface area contributed by atoms with Gasteiger partial charge in [0.05, 0.1) is 24.1 Å². The lowest BCUT2D eigenvalue weighted by molar-refractivity contribution is 0.531. The van der Waals surface area contributed by atoms with E-state index >= 15 is 0 Å². The van der Waals surface area contributed by atoms with Crippen molar-refractivity contribution < 1.29 is 0 Å². The number of likely N-dealkylation sites (N-methyl/N-ethyl adjacent to an activating group) is 1. The summed E-state index contributed by atoms with van der Waals surface area (Å²) < 4.78 is 2.14. The van der Waals surface area contributed by atoms with Gasteiger partial charge < -0.3 is 14.8 Å². The average Bonchev–Trinajstić information content (AvgIpc) is 2.91. The first-order chi connectivity index (χ1) is 9.15. The van der Waals surface area contributed by atoms with Crippen LogP contribution in [0.15, 0.2) is 23.2 Å². The molecule has 0 atom stereocenters. The predicted octanol–water partition coefficient (Wildman–Crippen LogP) is 1.89. The molecule has 0 unspecified atom stereocenters. The first-order valence-corrected chi connectivity index (χ1v) is 6.56. The van der Waals surface area contributed by atoms with E-state index in [0.29, 0.717) is 6.54 Å². The Hall–Kier alpha value is -1.31. The zero-order valence-electron chi connectivity index (χ0n) is 12.1. The predicted molar refractivity (Wildman–Crippen MR) is 92.6 cm³/mol. The molecule has 0 saturated carbocycles. The van der Waals surface area contributed by atoms with Crippen LogP contribution in [0.25, 0.3) is 11.0 Å². The van der Waals surface area contributed by atoms with Gasteiger partial charge in [-0.25, -0.2) is 4.98 Å². The summed E-state index contributed by atoms with van der Waals surface area (Å²) in [5.41, 5.74) is 3.47. The van der Waals surface area contributed by atoms with Crippen molar-refractivity contribution in [2.45, 2.75) is 13.5 Å². The van der Waals surface area contributed by atoms with Gasteiger partial charge in [-0.05, 0) is 24.6 Å². The van der Waals surface area contributed by atoms with Gasteiger partial charge in [0.1, 0.15) is 5.82 Å². The highest BCUT2D eigenvalue weighted by Gasteiger charge is 2.13. The van der Waals surface area contributed by atoms with Crippen LogP contribution in [0.2, 0.25) is 0 Å². The molecule has 0 fully saturated rings. The Morgan fingerprint density at radius 1 is 1.30 bits per heavy atom. The molecule has 0 saturated heterocycles. The molecule has 2 heterocycles. The quantitative estimate of drug-likeness (QED) is 0.804. The van der Waals surface area contributed by atoms with Crippen LogP contribution in [-0.2, 0) is 13.6 Å². The molecular weight excluding hydrogens is 365 g/mol. The van der Waals surface area contributed by atoms with E-state index < -0.39 is 0 Å². The average molecular weight is 385 g/mol. The number of hydrogen-bond donors (Lipinski definition) is 1. The Bertz CT molecular complexity index is 646. The number of halogens is 1. The van der Waals surface area contributed by atoms with E-state index in [9.17, 15) is 0 Å². The third-order valence-electron chi connectivity index (χ3n) is 3.59. The summed E-state index contributed by atoms with van der Waals surface area (Å²) in [4.78, 5) is 11.2. The topological polar surface area (TPSA) is 45.5 Å². The number of hydrogen-bond acceptors (Lipinski definition) is 4. The number of guanidine groups is 1. The molecule has 1 aliphatic rings. The van der Waals surface area contributed by atoms with Gasteiger partial charge in [-0.3, -0.25) is 4.99 Å². The molecule has 108 valence electrons. The van der Waals surface area contributed by atoms with Gasteiger partial charge in [-0.2, -0.15) is 0 Å². The summed E-state index contributed by atoms with van der Waals surface area (Å²) in [7, 11) is 4.11. The second kappa shape index (κ2) is 5.99. The van der Waals surface area contributed by atoms with Gasteiger partial charge in [0.25, 0.3) is 0 Å². The standard InChI is InChI=1S/C14H19N5.HI/c1-10-4-5-12-11(8-10)17-13(19(12)3)9-16-14-15-6-7-18(14)2;/h4-5,8H,6-7,9H2,1-3H3,(H,15,16);1H. The van der Waals surface area contributed by atoms with Gasteiger partial charge in [-0.1, -0.05) is 6.07 Å². The summed E-state index contributed by atoms with van der Waals surface area (Å²) in [5.74, 6) is 1.99. The highest BCUT2D eigenvalue weighted by Crippen LogP contribution is 2.16. The molecule has 1 aliphatic heterocycles. The van der Waals surface area contributed by atoms with Crippen LogP contribution >= 0.6 is 24.0 Å². The van der Waals surface area contributed by atoms with E-state index in [0.717, 1.165) is 30.4 Å². The van der Waals surface area contributed by atoms with E-state index in [1.807, 2.05) is 0 Å². The maximum absolute atomic E-state index is 4.69. The molecule has 1 aromatic carbocycles. The van der Waals surface area contributed by atoms with Crippen LogP contribution < -0.4 is 5.32 Å². The van der Waals surface area contributed by atoms with Gasteiger partial charge in [0.15, 0.2) is 5.96 Å². The van der Waals surface area contributed by atoms with Crippen molar-refractivity contribution in [3.05, 3.63) is 29.6 Å². The lowest BCUT2D eigenvalue weighted by Crippen LogP contribution is -2.35. The second-order valence-electron chi connectivity index (χ2n) is 5.06. The van der Waals surface area contributed by atoms with E-state index in [4.69, 9.17) is 0 Å². The van der Waals surface area contributed by atoms with Crippen LogP contribution in [0.5, 0.6) is 0 Å². The summed E-state index contributed by atoms with van der Waals surface area (Å²) in [5, 5.41) is 3.36. The number of aliphatic imine (C=N–C) groups is 1. The van der Waals surface area contributed by atoms with Crippen molar-refractivity contribution in [2.75, 3.05) is 20.1 Å². The maximum Gasteiger partial charge on any atom is 0.194 e. The van der Waals surface area contributed by atoms with E-state index in [1.165, 1.54) is 11.1 Å². The molecule has 3 rings (SSSR count). The Labute approximate surface area is 136 Å². The molecular formula is C14H20IN5. The fraction of sp³-hybridized carbons (Fsp3) is 0.429. The number of aromatic nitrogens is 2. The molecule has 2 aromatic rings. The number of nitrogens with zero attached hydrogens (tertiary/aromatic N) is 4. The molecule has 0 radical (unpaired) electrons. The largest absolute Gasteiger partial charge is 0.349 e. The summed E-state index contributed by atoms with van der Waals surface area (Å²) >= 11 is 0. The molecule has 1 N–H and O–H groups in total. The van der Waals surface area contributed by atoms with Gasteiger partial charge >= 0.3 is 0 Å². The highest BCUT2D eigenvalue weighted by atomic mass is 127. The smallest absolute Gasteiger partial charge is 0.194 e. The van der Waals surface area contributed by atoms with E-state index in [1.54, 1.807) is 0 Å². The van der Waals surface area contributed by atoms with Crippen LogP contribution in [0.3, 0.4) is 0 Å². The van der Waals surface area contributed by atoms with Crippen molar-refractivity contribution >= 4 is 41.0 Å². The zero-order chi connectivity index (χ0) is 13.4. The van der Waals surface area contributed by atoms with Crippen LogP contribution in [-0.4, -0.2) is 40.5 Å². The molecule has 0 bridgehead atoms. The number of aryl methyl sites for hydroxylation is 2. The monoisotopic (exact) mass is 385 g/mol. The van der Waals surface area contributed by atoms with Crippen molar-refractivity contribution in [2.24, 2.45) is 12.0 Å². The highest BCUT2D eigenvalue weighted by molar-refractivity contribution is 14.0. The normalized spacial score (nSPS) is 14.3. The van der Waals surface area contributed by atoms with Crippen molar-refractivity contribution in [3.63, 3.8) is 0 Å². The number of benzene rings is 1. The SMILES string of the molecule is Cc1ccc2c(c1)nc(CNC1=NCCN1C)n2C.I. The molecule has 0 aliphatic carbocycles. The Morgan fingerprint density at radius 2 is 2.10 bits per heavy atom. The number of nitrogens with one attached hydrogen (secondary N) is 1. The van der Waals surface area contributed by atoms with Crippen LogP contribution in [0, 0.1) is 6.92 Å². The summed E-state index contributed by atoms with van der Waals surface area (Å²) in [6, 6.07) is 6.37. The lowest BCUT2D eigenvalue weighted by atomic mass is 10.2. The fourth-order valence-corrected chi connectivity index (χ4v) is 2.40. The molecule has 0 amide bonds. The summed E-state index contributed by atoms with van der Waals surface area (Å²) in [6.45, 7) is 4.66. The first-order valence-electron chi connectivity index (χ1n) is 6.56. The minimum Gasteiger partial charge on any atom is -0.349 e. The minimum absolute atomic E-state index is 0. The van der Waals surface area contributed by atoms with Crippen molar-refractivity contribution in [3.8, 4) is 0 Å². The molecule has 5 nitrogen and oxygen atoms in total. The van der Waals surface area contributed by atoms with E-state index in [2.05, 4.69) is 64.0 Å². The van der Waals surface area contributed by atoms with E-state index in [-0.39, 0.29) is 24.0 Å². The third-order valence-corrected chi connectivity index (χ3v) is 3.59. The van der Waals surface area contributed by atoms with Gasteiger partial charge in [0.2, 0.25) is 0 Å². The Kier molecular flexibility index (Phi) is 4.52. The Morgan fingerprint density at radius 3 is 2.80 bits per heavy atom. The summed E-state index contributed by atoms with van der Waals surface area (Å²) in [6.07, 6.45) is 0. The lowest BCUT2D eigenvalue weighted by Gasteiger charge is -2.14. The number of imidazole rings is 1. The van der Waals surface area contributed by atoms with Crippen LogP contribution in [0.1, 0.15) is 11.4 Å². The number of fused-ring (bicyclic) bond motifs is 1.